The van der Waals surface area contributed by atoms with Crippen molar-refractivity contribution >= 4 is 17.7 Å². The van der Waals surface area contributed by atoms with Crippen molar-refractivity contribution in [1.29, 1.82) is 0 Å². The van der Waals surface area contributed by atoms with Gasteiger partial charge in [0.25, 0.3) is 0 Å². The predicted octanol–water partition coefficient (Wildman–Crippen LogP) is 1.58. The Morgan fingerprint density at radius 3 is 2.83 bits per heavy atom. The molecule has 2 fully saturated rings. The van der Waals surface area contributed by atoms with Crippen LogP contribution in [0.5, 0.6) is 0 Å². The van der Waals surface area contributed by atoms with Gasteiger partial charge in [0.2, 0.25) is 5.16 Å². The van der Waals surface area contributed by atoms with Crippen molar-refractivity contribution in [2.75, 3.05) is 0 Å². The van der Waals surface area contributed by atoms with Crippen LogP contribution in [-0.2, 0) is 9.53 Å². The first-order chi connectivity index (χ1) is 8.74. The molecule has 0 amide bonds. The van der Waals surface area contributed by atoms with Crippen molar-refractivity contribution < 1.29 is 9.53 Å². The Bertz CT molecular complexity index is 444. The van der Waals surface area contributed by atoms with E-state index in [1.54, 1.807) is 0 Å². The monoisotopic (exact) mass is 268 g/mol. The summed E-state index contributed by atoms with van der Waals surface area (Å²) in [5.74, 6) is -0.145. The highest BCUT2D eigenvalue weighted by atomic mass is 32.2. The number of carbonyl (C=O) groups excluding carboxylic acids is 1. The molecule has 2 heterocycles. The molecule has 1 aliphatic heterocycles. The normalized spacial score (nSPS) is 28.8. The van der Waals surface area contributed by atoms with E-state index in [9.17, 15) is 4.79 Å². The largest absolute Gasteiger partial charge is 0.462 e. The fourth-order valence-corrected chi connectivity index (χ4v) is 3.74. The standard InChI is InChI=1S/C11H16N4O2S/c1-7-6-9(10(16)17-7)18-11-12-13-14-15(11)8-4-2-3-5-8/h7-9H,2-6H2,1H3/t7-,9-/m0/s1. The molecule has 2 atom stereocenters. The fraction of sp³-hybridized carbons (Fsp3) is 0.818. The smallest absolute Gasteiger partial charge is 0.319 e. The van der Waals surface area contributed by atoms with E-state index in [0.29, 0.717) is 6.04 Å². The second-order valence-electron chi connectivity index (χ2n) is 4.93. The van der Waals surface area contributed by atoms with Gasteiger partial charge in [0, 0.05) is 6.42 Å². The Balaban J connectivity index is 1.73. The quantitative estimate of drug-likeness (QED) is 0.775. The van der Waals surface area contributed by atoms with E-state index < -0.39 is 0 Å². The molecule has 0 unspecified atom stereocenters. The summed E-state index contributed by atoms with van der Waals surface area (Å²) in [6, 6.07) is 0.400. The number of carbonyl (C=O) groups is 1. The highest BCUT2D eigenvalue weighted by Gasteiger charge is 2.34. The van der Waals surface area contributed by atoms with Crippen LogP contribution in [0.1, 0.15) is 45.1 Å². The van der Waals surface area contributed by atoms with Crippen LogP contribution in [0.15, 0.2) is 5.16 Å². The van der Waals surface area contributed by atoms with E-state index in [4.69, 9.17) is 4.74 Å². The van der Waals surface area contributed by atoms with Gasteiger partial charge in [0.05, 0.1) is 6.04 Å². The summed E-state index contributed by atoms with van der Waals surface area (Å²) >= 11 is 1.44. The Morgan fingerprint density at radius 2 is 2.17 bits per heavy atom. The van der Waals surface area contributed by atoms with Crippen LogP contribution >= 0.6 is 11.8 Å². The van der Waals surface area contributed by atoms with Gasteiger partial charge in [-0.15, -0.1) is 5.10 Å². The molecule has 0 bridgehead atoms. The molecular formula is C11H16N4O2S. The van der Waals surface area contributed by atoms with E-state index in [1.165, 1.54) is 24.6 Å². The molecule has 0 aromatic carbocycles. The zero-order valence-electron chi connectivity index (χ0n) is 10.3. The van der Waals surface area contributed by atoms with Crippen LogP contribution in [-0.4, -0.2) is 37.5 Å². The number of hydrogen-bond donors (Lipinski definition) is 0. The maximum absolute atomic E-state index is 11.6. The Morgan fingerprint density at radius 1 is 1.39 bits per heavy atom. The third-order valence-corrected chi connectivity index (χ3v) is 4.66. The number of tetrazole rings is 1. The number of nitrogens with zero attached hydrogens (tertiary/aromatic N) is 4. The van der Waals surface area contributed by atoms with Gasteiger partial charge < -0.3 is 4.74 Å². The Kier molecular flexibility index (Phi) is 3.23. The number of aromatic nitrogens is 4. The number of cyclic esters (lactones) is 1. The molecule has 1 aromatic heterocycles. The Hall–Kier alpha value is -1.11. The first kappa shape index (κ1) is 12.0. The average Bonchev–Trinajstić information content (AvgIpc) is 3.01. The highest BCUT2D eigenvalue weighted by Crippen LogP contribution is 2.35. The summed E-state index contributed by atoms with van der Waals surface area (Å²) in [5, 5.41) is 12.4. The zero-order chi connectivity index (χ0) is 12.5. The van der Waals surface area contributed by atoms with Gasteiger partial charge >= 0.3 is 5.97 Å². The minimum absolute atomic E-state index is 0.00538. The fourth-order valence-electron chi connectivity index (χ4n) is 2.58. The lowest BCUT2D eigenvalue weighted by atomic mass is 10.3. The van der Waals surface area contributed by atoms with Gasteiger partial charge in [-0.3, -0.25) is 4.79 Å². The predicted molar refractivity (Wildman–Crippen MR) is 65.1 cm³/mol. The second-order valence-corrected chi connectivity index (χ2v) is 6.10. The van der Waals surface area contributed by atoms with Crippen molar-refractivity contribution in [3.8, 4) is 0 Å². The minimum atomic E-state index is -0.161. The molecular weight excluding hydrogens is 252 g/mol. The third kappa shape index (κ3) is 2.23. The molecule has 98 valence electrons. The summed E-state index contributed by atoms with van der Waals surface area (Å²) in [6.45, 7) is 1.92. The lowest BCUT2D eigenvalue weighted by Crippen LogP contribution is -2.13. The third-order valence-electron chi connectivity index (χ3n) is 3.51. The molecule has 1 saturated heterocycles. The van der Waals surface area contributed by atoms with Gasteiger partial charge in [-0.05, 0) is 30.2 Å². The van der Waals surface area contributed by atoms with E-state index >= 15 is 0 Å². The van der Waals surface area contributed by atoms with Crippen LogP contribution in [0.4, 0.5) is 0 Å². The van der Waals surface area contributed by atoms with Crippen molar-refractivity contribution in [3.63, 3.8) is 0 Å². The molecule has 1 saturated carbocycles. The zero-order valence-corrected chi connectivity index (χ0v) is 11.1. The van der Waals surface area contributed by atoms with E-state index in [0.717, 1.165) is 24.4 Å². The lowest BCUT2D eigenvalue weighted by Gasteiger charge is -2.11. The number of esters is 1. The van der Waals surface area contributed by atoms with E-state index in [2.05, 4.69) is 15.5 Å². The molecule has 0 radical (unpaired) electrons. The summed E-state index contributed by atoms with van der Waals surface area (Å²) < 4.78 is 7.03. The SMILES string of the molecule is C[C@H]1C[C@H](Sc2nnnn2C2CCCC2)C(=O)O1. The number of thioether (sulfide) groups is 1. The van der Waals surface area contributed by atoms with Gasteiger partial charge in [-0.1, -0.05) is 24.6 Å². The van der Waals surface area contributed by atoms with Crippen molar-refractivity contribution in [2.45, 2.75) is 61.6 Å². The van der Waals surface area contributed by atoms with Crippen LogP contribution < -0.4 is 0 Å². The summed E-state index contributed by atoms with van der Waals surface area (Å²) in [6.07, 6.45) is 5.47. The average molecular weight is 268 g/mol. The van der Waals surface area contributed by atoms with Gasteiger partial charge in [0.1, 0.15) is 11.4 Å². The van der Waals surface area contributed by atoms with Crippen molar-refractivity contribution in [2.24, 2.45) is 0 Å². The molecule has 18 heavy (non-hydrogen) atoms. The molecule has 1 aromatic rings. The summed E-state index contributed by atoms with van der Waals surface area (Å²) in [4.78, 5) is 11.6. The van der Waals surface area contributed by atoms with Gasteiger partial charge in [-0.25, -0.2) is 4.68 Å². The minimum Gasteiger partial charge on any atom is -0.462 e. The molecule has 6 nitrogen and oxygen atoms in total. The maximum atomic E-state index is 11.6. The summed E-state index contributed by atoms with van der Waals surface area (Å²) in [5.41, 5.74) is 0. The first-order valence-electron chi connectivity index (χ1n) is 6.39. The van der Waals surface area contributed by atoms with Crippen LogP contribution in [0, 0.1) is 0 Å². The summed E-state index contributed by atoms with van der Waals surface area (Å²) in [7, 11) is 0. The molecule has 7 heteroatoms. The van der Waals surface area contributed by atoms with Crippen molar-refractivity contribution in [1.82, 2.24) is 20.2 Å². The van der Waals surface area contributed by atoms with Crippen LogP contribution in [0.25, 0.3) is 0 Å². The second kappa shape index (κ2) is 4.87. The van der Waals surface area contributed by atoms with E-state index in [-0.39, 0.29) is 17.3 Å². The molecule has 0 spiro atoms. The van der Waals surface area contributed by atoms with Crippen LogP contribution in [0.2, 0.25) is 0 Å². The highest BCUT2D eigenvalue weighted by molar-refractivity contribution is 8.00. The Labute approximate surface area is 109 Å². The van der Waals surface area contributed by atoms with Gasteiger partial charge in [-0.2, -0.15) is 0 Å². The molecule has 3 rings (SSSR count). The molecule has 0 N–H and O–H groups in total. The van der Waals surface area contributed by atoms with Crippen molar-refractivity contribution in [3.05, 3.63) is 0 Å². The molecule has 2 aliphatic rings. The number of ether oxygens (including phenoxy) is 1. The first-order valence-corrected chi connectivity index (χ1v) is 7.27. The number of rotatable bonds is 3. The number of hydrogen-bond acceptors (Lipinski definition) is 6. The maximum Gasteiger partial charge on any atom is 0.319 e. The van der Waals surface area contributed by atoms with Gasteiger partial charge in [0.15, 0.2) is 0 Å². The topological polar surface area (TPSA) is 69.9 Å². The molecule has 1 aliphatic carbocycles. The lowest BCUT2D eigenvalue weighted by molar-refractivity contribution is -0.140. The van der Waals surface area contributed by atoms with Crippen LogP contribution in [0.3, 0.4) is 0 Å². The van der Waals surface area contributed by atoms with E-state index in [1.807, 2.05) is 11.6 Å².